The maximum atomic E-state index is 11.9. The first kappa shape index (κ1) is 12.4. The van der Waals surface area contributed by atoms with Gasteiger partial charge in [0.05, 0.1) is 0 Å². The van der Waals surface area contributed by atoms with E-state index < -0.39 is 18.0 Å². The van der Waals surface area contributed by atoms with Gasteiger partial charge in [-0.3, -0.25) is 4.79 Å². The molecule has 0 unspecified atom stereocenters. The maximum Gasteiger partial charge on any atom is 0.192 e. The number of hydrogen-bond donors (Lipinski definition) is 1. The normalized spacial score (nSPS) is 33.1. The summed E-state index contributed by atoms with van der Waals surface area (Å²) in [7, 11) is 0. The Labute approximate surface area is 111 Å². The van der Waals surface area contributed by atoms with E-state index in [0.717, 1.165) is 5.56 Å². The molecule has 100 valence electrons. The molecule has 1 aromatic carbocycles. The number of ether oxygens (including phenoxy) is 2. The Balaban J connectivity index is 1.97. The average molecular weight is 260 g/mol. The zero-order valence-corrected chi connectivity index (χ0v) is 10.9. The highest BCUT2D eigenvalue weighted by atomic mass is 16.8. The number of aromatic hydroxyl groups is 1. The molecule has 4 nitrogen and oxygen atoms in total. The van der Waals surface area contributed by atoms with Crippen LogP contribution in [-0.4, -0.2) is 22.8 Å². The van der Waals surface area contributed by atoms with Crippen molar-refractivity contribution in [3.05, 3.63) is 42.0 Å². The summed E-state index contributed by atoms with van der Waals surface area (Å²) in [5.41, 5.74) is 0.836. The summed E-state index contributed by atoms with van der Waals surface area (Å²) in [6.45, 7) is 3.99. The molecular formula is C15H16O4. The van der Waals surface area contributed by atoms with Gasteiger partial charge in [-0.2, -0.15) is 0 Å². The smallest absolute Gasteiger partial charge is 0.192 e. The van der Waals surface area contributed by atoms with Crippen LogP contribution < -0.4 is 0 Å². The topological polar surface area (TPSA) is 55.8 Å². The highest BCUT2D eigenvalue weighted by Crippen LogP contribution is 2.46. The summed E-state index contributed by atoms with van der Waals surface area (Å²) < 4.78 is 11.9. The van der Waals surface area contributed by atoms with Crippen LogP contribution in [0.5, 0.6) is 5.75 Å². The predicted octanol–water partition coefficient (Wildman–Crippen LogP) is 2.34. The maximum absolute atomic E-state index is 11.9. The van der Waals surface area contributed by atoms with Gasteiger partial charge >= 0.3 is 0 Å². The minimum Gasteiger partial charge on any atom is -0.508 e. The second kappa shape index (κ2) is 4.18. The van der Waals surface area contributed by atoms with Crippen molar-refractivity contribution in [2.24, 2.45) is 5.92 Å². The number of carbonyl (C=O) groups is 1. The van der Waals surface area contributed by atoms with Gasteiger partial charge in [0.2, 0.25) is 0 Å². The molecule has 2 aliphatic rings. The summed E-state index contributed by atoms with van der Waals surface area (Å²) in [4.78, 5) is 11.9. The Morgan fingerprint density at radius 1 is 1.16 bits per heavy atom. The van der Waals surface area contributed by atoms with Crippen LogP contribution in [0.1, 0.15) is 25.5 Å². The molecule has 1 fully saturated rings. The van der Waals surface area contributed by atoms with Crippen LogP contribution in [0, 0.1) is 5.92 Å². The lowest BCUT2D eigenvalue weighted by molar-refractivity contribution is -0.173. The first-order valence-corrected chi connectivity index (χ1v) is 6.39. The Hall–Kier alpha value is -1.65. The molecule has 1 saturated heterocycles. The minimum atomic E-state index is -0.818. The Morgan fingerprint density at radius 2 is 1.79 bits per heavy atom. The third kappa shape index (κ3) is 1.88. The SMILES string of the molecule is CC(C)[C@@]12C=CC(=O)[C@@H](O1)[C@@H](c1ccc(O)cc1)O2. The number of ketones is 1. The molecule has 3 rings (SSSR count). The first-order valence-electron chi connectivity index (χ1n) is 6.39. The molecule has 3 atom stereocenters. The number of phenolic OH excluding ortho intramolecular Hbond substituents is 1. The van der Waals surface area contributed by atoms with Crippen LogP contribution in [-0.2, 0) is 14.3 Å². The fourth-order valence-electron chi connectivity index (χ4n) is 2.50. The van der Waals surface area contributed by atoms with Crippen molar-refractivity contribution in [3.63, 3.8) is 0 Å². The molecule has 0 radical (unpaired) electrons. The van der Waals surface area contributed by atoms with Gasteiger partial charge in [0, 0.05) is 5.92 Å². The van der Waals surface area contributed by atoms with E-state index in [4.69, 9.17) is 9.47 Å². The molecule has 1 N–H and O–H groups in total. The molecule has 2 bridgehead atoms. The molecule has 0 aromatic heterocycles. The predicted molar refractivity (Wildman–Crippen MR) is 68.5 cm³/mol. The lowest BCUT2D eigenvalue weighted by atomic mass is 9.98. The molecule has 0 aliphatic carbocycles. The van der Waals surface area contributed by atoms with Crippen LogP contribution in [0.3, 0.4) is 0 Å². The van der Waals surface area contributed by atoms with Gasteiger partial charge in [-0.25, -0.2) is 0 Å². The number of benzene rings is 1. The minimum absolute atomic E-state index is 0.0770. The Morgan fingerprint density at radius 3 is 2.42 bits per heavy atom. The van der Waals surface area contributed by atoms with Crippen molar-refractivity contribution >= 4 is 5.78 Å². The summed E-state index contributed by atoms with van der Waals surface area (Å²) in [5, 5.41) is 9.33. The van der Waals surface area contributed by atoms with E-state index in [1.807, 2.05) is 13.8 Å². The van der Waals surface area contributed by atoms with Crippen molar-refractivity contribution in [1.29, 1.82) is 0 Å². The molecule has 1 aromatic rings. The van der Waals surface area contributed by atoms with Crippen LogP contribution in [0.2, 0.25) is 0 Å². The molecule has 0 spiro atoms. The highest BCUT2D eigenvalue weighted by Gasteiger charge is 2.53. The molecule has 2 heterocycles. The number of hydrogen-bond acceptors (Lipinski definition) is 4. The van der Waals surface area contributed by atoms with Gasteiger partial charge in [-0.1, -0.05) is 26.0 Å². The van der Waals surface area contributed by atoms with Crippen molar-refractivity contribution in [2.45, 2.75) is 31.8 Å². The van der Waals surface area contributed by atoms with Gasteiger partial charge < -0.3 is 14.6 Å². The van der Waals surface area contributed by atoms with E-state index in [-0.39, 0.29) is 17.5 Å². The van der Waals surface area contributed by atoms with Gasteiger partial charge in [0.15, 0.2) is 17.7 Å². The van der Waals surface area contributed by atoms with E-state index in [1.165, 1.54) is 0 Å². The van der Waals surface area contributed by atoms with Crippen molar-refractivity contribution in [1.82, 2.24) is 0 Å². The first-order chi connectivity index (χ1) is 9.02. The third-order valence-corrected chi connectivity index (χ3v) is 3.68. The number of fused-ring (bicyclic) bond motifs is 2. The zero-order valence-electron chi connectivity index (χ0n) is 10.9. The summed E-state index contributed by atoms with van der Waals surface area (Å²) in [6.07, 6.45) is 2.23. The lowest BCUT2D eigenvalue weighted by Gasteiger charge is -2.30. The van der Waals surface area contributed by atoms with Gasteiger partial charge in [-0.05, 0) is 29.8 Å². The van der Waals surface area contributed by atoms with Crippen LogP contribution in [0.4, 0.5) is 0 Å². The van der Waals surface area contributed by atoms with E-state index >= 15 is 0 Å². The van der Waals surface area contributed by atoms with Gasteiger partial charge in [0.25, 0.3) is 0 Å². The number of rotatable bonds is 2. The van der Waals surface area contributed by atoms with Crippen LogP contribution in [0.15, 0.2) is 36.4 Å². The number of carbonyl (C=O) groups excluding carboxylic acids is 1. The fourth-order valence-corrected chi connectivity index (χ4v) is 2.50. The monoisotopic (exact) mass is 260 g/mol. The molecule has 0 saturated carbocycles. The van der Waals surface area contributed by atoms with E-state index in [2.05, 4.69) is 0 Å². The highest BCUT2D eigenvalue weighted by molar-refractivity contribution is 5.95. The van der Waals surface area contributed by atoms with E-state index in [1.54, 1.807) is 36.4 Å². The van der Waals surface area contributed by atoms with Crippen molar-refractivity contribution in [3.8, 4) is 5.75 Å². The van der Waals surface area contributed by atoms with Crippen molar-refractivity contribution in [2.75, 3.05) is 0 Å². The molecule has 2 aliphatic heterocycles. The third-order valence-electron chi connectivity index (χ3n) is 3.68. The van der Waals surface area contributed by atoms with E-state index in [9.17, 15) is 9.90 Å². The Kier molecular flexibility index (Phi) is 2.73. The summed E-state index contributed by atoms with van der Waals surface area (Å²) >= 11 is 0. The van der Waals surface area contributed by atoms with Gasteiger partial charge in [-0.15, -0.1) is 0 Å². The Bertz CT molecular complexity index is 532. The second-order valence-electron chi connectivity index (χ2n) is 5.28. The second-order valence-corrected chi connectivity index (χ2v) is 5.28. The molecule has 0 amide bonds. The fraction of sp³-hybridized carbons (Fsp3) is 0.400. The largest absolute Gasteiger partial charge is 0.508 e. The summed E-state index contributed by atoms with van der Waals surface area (Å²) in [5.74, 6) is -0.594. The van der Waals surface area contributed by atoms with Crippen LogP contribution >= 0.6 is 0 Å². The number of phenols is 1. The van der Waals surface area contributed by atoms with Crippen molar-refractivity contribution < 1.29 is 19.4 Å². The average Bonchev–Trinajstić information content (AvgIpc) is 2.72. The zero-order chi connectivity index (χ0) is 13.6. The quantitative estimate of drug-likeness (QED) is 0.886. The molecular weight excluding hydrogens is 244 g/mol. The van der Waals surface area contributed by atoms with E-state index in [0.29, 0.717) is 0 Å². The lowest BCUT2D eigenvalue weighted by Crippen LogP contribution is -2.38. The standard InChI is InChI=1S/C15H16O4/c1-9(2)15-8-7-12(17)14(19-15)13(18-15)10-3-5-11(16)6-4-10/h3-9,13-14,16H,1-2H3/t13-,14-,15-/m1/s1. The summed E-state index contributed by atoms with van der Waals surface area (Å²) in [6, 6.07) is 6.68. The van der Waals surface area contributed by atoms with Gasteiger partial charge in [0.1, 0.15) is 11.9 Å². The van der Waals surface area contributed by atoms with Crippen LogP contribution in [0.25, 0.3) is 0 Å². The molecule has 4 heteroatoms. The molecule has 19 heavy (non-hydrogen) atoms.